The van der Waals surface area contributed by atoms with E-state index in [2.05, 4.69) is 75.3 Å². The van der Waals surface area contributed by atoms with Crippen LogP contribution in [-0.4, -0.2) is 51.7 Å². The summed E-state index contributed by atoms with van der Waals surface area (Å²) in [5.41, 5.74) is 2.49. The molecule has 0 N–H and O–H groups in total. The third kappa shape index (κ3) is 7.77. The first-order valence-electron chi connectivity index (χ1n) is 10.8. The maximum Gasteiger partial charge on any atom is 0.0596 e. The normalized spacial score (nSPS) is 12.2. The van der Waals surface area contributed by atoms with Crippen LogP contribution < -0.4 is 5.19 Å². The molecule has 26 heavy (non-hydrogen) atoms. The van der Waals surface area contributed by atoms with Gasteiger partial charge >= 0.3 is 0 Å². The van der Waals surface area contributed by atoms with Crippen molar-refractivity contribution in [3.8, 4) is 0 Å². The fourth-order valence-corrected chi connectivity index (χ4v) is 5.84. The van der Waals surface area contributed by atoms with Gasteiger partial charge in [-0.15, -0.1) is 0 Å². The molecule has 0 bridgehead atoms. The highest BCUT2D eigenvalue weighted by Crippen LogP contribution is 2.15. The van der Waals surface area contributed by atoms with E-state index < -0.39 is 0 Å². The van der Waals surface area contributed by atoms with Crippen molar-refractivity contribution in [2.75, 3.05) is 26.2 Å². The predicted octanol–water partition coefficient (Wildman–Crippen LogP) is 4.50. The van der Waals surface area contributed by atoms with Gasteiger partial charge in [0.05, 0.1) is 15.7 Å². The van der Waals surface area contributed by atoms with Crippen LogP contribution in [0.5, 0.6) is 0 Å². The van der Waals surface area contributed by atoms with Crippen molar-refractivity contribution >= 4 is 20.3 Å². The van der Waals surface area contributed by atoms with E-state index >= 15 is 0 Å². The van der Waals surface area contributed by atoms with Gasteiger partial charge in [-0.1, -0.05) is 69.3 Å². The van der Waals surface area contributed by atoms with Gasteiger partial charge in [0.1, 0.15) is 0 Å². The maximum absolute atomic E-state index is 4.11. The summed E-state index contributed by atoms with van der Waals surface area (Å²) in [5.74, 6) is 0. The van der Waals surface area contributed by atoms with E-state index in [4.69, 9.17) is 0 Å². The van der Waals surface area contributed by atoms with Crippen molar-refractivity contribution in [2.24, 2.45) is 0 Å². The molecule has 148 valence electrons. The van der Waals surface area contributed by atoms with Crippen LogP contribution >= 0.6 is 0 Å². The standard InChI is InChI=1S/C23H42N2Si/c1-7-14-24(15-8-2)23(25(16-9-3)17-10-4)19-26-22-13-11-12-21(18-22)20(5)6/h11-13,18,23H,5,7-10,14-17,19,26H2,1-4,6H3. The highest BCUT2D eigenvalue weighted by Gasteiger charge is 2.23. The zero-order valence-electron chi connectivity index (χ0n) is 18.1. The molecule has 0 heterocycles. The van der Waals surface area contributed by atoms with Crippen LogP contribution in [0.1, 0.15) is 65.9 Å². The summed E-state index contributed by atoms with van der Waals surface area (Å²) in [4.78, 5) is 5.53. The molecular formula is C23H42N2Si. The molecule has 0 aliphatic rings. The van der Waals surface area contributed by atoms with Gasteiger partial charge in [-0.05, 0) is 70.4 Å². The van der Waals surface area contributed by atoms with Crippen molar-refractivity contribution < 1.29 is 0 Å². The summed E-state index contributed by atoms with van der Waals surface area (Å²) >= 11 is 0. The number of benzene rings is 1. The second kappa shape index (κ2) is 13.3. The van der Waals surface area contributed by atoms with Crippen molar-refractivity contribution in [3.63, 3.8) is 0 Å². The van der Waals surface area contributed by atoms with Gasteiger partial charge in [0.2, 0.25) is 0 Å². The van der Waals surface area contributed by atoms with Crippen LogP contribution in [0.15, 0.2) is 30.8 Å². The third-order valence-electron chi connectivity index (χ3n) is 5.00. The lowest BCUT2D eigenvalue weighted by Gasteiger charge is -2.40. The fraction of sp³-hybridized carbons (Fsp3) is 0.652. The smallest absolute Gasteiger partial charge is 0.0596 e. The Kier molecular flexibility index (Phi) is 11.8. The highest BCUT2D eigenvalue weighted by atomic mass is 28.2. The molecule has 1 rings (SSSR count). The molecule has 2 nitrogen and oxygen atoms in total. The van der Waals surface area contributed by atoms with Crippen molar-refractivity contribution in [1.82, 2.24) is 9.80 Å². The Hall–Kier alpha value is -0.903. The lowest BCUT2D eigenvalue weighted by Crippen LogP contribution is -2.50. The van der Waals surface area contributed by atoms with E-state index in [1.54, 1.807) is 5.19 Å². The average molecular weight is 375 g/mol. The zero-order chi connectivity index (χ0) is 19.4. The number of hydrogen-bond donors (Lipinski definition) is 0. The lowest BCUT2D eigenvalue weighted by molar-refractivity contribution is 0.0544. The first-order chi connectivity index (χ1) is 12.6. The van der Waals surface area contributed by atoms with E-state index in [1.807, 2.05) is 0 Å². The Morgan fingerprint density at radius 2 is 1.42 bits per heavy atom. The third-order valence-corrected chi connectivity index (χ3v) is 6.82. The Morgan fingerprint density at radius 1 is 0.923 bits per heavy atom. The molecule has 0 fully saturated rings. The van der Waals surface area contributed by atoms with Crippen LogP contribution in [0.4, 0.5) is 0 Å². The van der Waals surface area contributed by atoms with Gasteiger partial charge in [0, 0.05) is 0 Å². The quantitative estimate of drug-likeness (QED) is 0.349. The molecule has 0 aromatic heterocycles. The summed E-state index contributed by atoms with van der Waals surface area (Å²) in [6.07, 6.45) is 5.60. The second-order valence-electron chi connectivity index (χ2n) is 7.57. The van der Waals surface area contributed by atoms with Gasteiger partial charge in [0.25, 0.3) is 0 Å². The van der Waals surface area contributed by atoms with E-state index in [1.165, 1.54) is 69.0 Å². The molecule has 3 heteroatoms. The van der Waals surface area contributed by atoms with Crippen molar-refractivity contribution in [3.05, 3.63) is 36.4 Å². The molecule has 0 unspecified atom stereocenters. The number of allylic oxidation sites excluding steroid dienone is 1. The first kappa shape index (κ1) is 23.1. The summed E-state index contributed by atoms with van der Waals surface area (Å²) in [6.45, 7) is 20.4. The van der Waals surface area contributed by atoms with Crippen LogP contribution in [0.3, 0.4) is 0 Å². The van der Waals surface area contributed by atoms with Crippen molar-refractivity contribution in [1.29, 1.82) is 0 Å². The first-order valence-corrected chi connectivity index (χ1v) is 12.5. The number of hydrogen-bond acceptors (Lipinski definition) is 2. The molecule has 0 aliphatic carbocycles. The minimum absolute atomic E-state index is 0.290. The molecule has 0 saturated heterocycles. The van der Waals surface area contributed by atoms with Gasteiger partial charge < -0.3 is 0 Å². The summed E-state index contributed by atoms with van der Waals surface area (Å²) < 4.78 is 0. The molecule has 0 amide bonds. The molecule has 0 spiro atoms. The Morgan fingerprint density at radius 3 is 1.85 bits per heavy atom. The summed E-state index contributed by atoms with van der Waals surface area (Å²) in [6, 6.07) is 10.5. The molecule has 0 saturated carbocycles. The Labute approximate surface area is 165 Å². The molecule has 0 aliphatic heterocycles. The van der Waals surface area contributed by atoms with Crippen LogP contribution in [0.2, 0.25) is 6.04 Å². The average Bonchev–Trinajstić information content (AvgIpc) is 2.62. The lowest BCUT2D eigenvalue weighted by atomic mass is 10.1. The number of nitrogens with zero attached hydrogens (tertiary/aromatic N) is 2. The molecular weight excluding hydrogens is 332 g/mol. The molecule has 1 aromatic carbocycles. The van der Waals surface area contributed by atoms with Crippen LogP contribution in [0.25, 0.3) is 5.57 Å². The molecule has 1 aromatic rings. The summed E-state index contributed by atoms with van der Waals surface area (Å²) in [5, 5.41) is 1.58. The van der Waals surface area contributed by atoms with E-state index in [0.717, 1.165) is 0 Å². The SMILES string of the molecule is C=C(C)c1cccc([SiH2]CC(N(CCC)CCC)N(CCC)CCC)c1. The van der Waals surface area contributed by atoms with E-state index in [-0.39, 0.29) is 9.52 Å². The molecule has 0 atom stereocenters. The van der Waals surface area contributed by atoms with Crippen LogP contribution in [0, 0.1) is 0 Å². The Balaban J connectivity index is 2.95. The van der Waals surface area contributed by atoms with E-state index in [0.29, 0.717) is 6.17 Å². The maximum atomic E-state index is 4.11. The van der Waals surface area contributed by atoms with Gasteiger partial charge in [-0.3, -0.25) is 9.80 Å². The molecule has 0 radical (unpaired) electrons. The predicted molar refractivity (Wildman–Crippen MR) is 122 cm³/mol. The van der Waals surface area contributed by atoms with Crippen LogP contribution in [-0.2, 0) is 0 Å². The van der Waals surface area contributed by atoms with Gasteiger partial charge in [-0.2, -0.15) is 0 Å². The van der Waals surface area contributed by atoms with Gasteiger partial charge in [-0.25, -0.2) is 0 Å². The van der Waals surface area contributed by atoms with Gasteiger partial charge in [0.15, 0.2) is 0 Å². The highest BCUT2D eigenvalue weighted by molar-refractivity contribution is 6.53. The van der Waals surface area contributed by atoms with Crippen molar-refractivity contribution in [2.45, 2.75) is 72.5 Å². The largest absolute Gasteiger partial charge is 0.288 e. The zero-order valence-corrected chi connectivity index (χ0v) is 19.5. The fourth-order valence-electron chi connectivity index (χ4n) is 3.85. The summed E-state index contributed by atoms with van der Waals surface area (Å²) in [7, 11) is -0.290. The minimum atomic E-state index is -0.290. The van der Waals surface area contributed by atoms with E-state index in [9.17, 15) is 0 Å². The monoisotopic (exact) mass is 374 g/mol. The number of rotatable bonds is 14. The Bertz CT molecular complexity index is 487. The second-order valence-corrected chi connectivity index (χ2v) is 9.47. The topological polar surface area (TPSA) is 6.48 Å². The minimum Gasteiger partial charge on any atom is -0.288 e.